The first-order valence-corrected chi connectivity index (χ1v) is 4.97. The van der Waals surface area contributed by atoms with Crippen molar-refractivity contribution in [3.05, 3.63) is 0 Å². The van der Waals surface area contributed by atoms with E-state index in [0.29, 0.717) is 0 Å². The minimum atomic E-state index is -4.22. The lowest BCUT2D eigenvalue weighted by Gasteiger charge is -2.15. The number of alkyl halides is 6. The van der Waals surface area contributed by atoms with E-state index in [1.54, 1.807) is 6.92 Å². The fourth-order valence-electron chi connectivity index (χ4n) is 1.17. The van der Waals surface area contributed by atoms with Crippen molar-refractivity contribution in [2.75, 3.05) is 6.54 Å². The molecular weight excluding hydrogens is 236 g/mol. The zero-order valence-electron chi connectivity index (χ0n) is 8.88. The van der Waals surface area contributed by atoms with Gasteiger partial charge in [-0.1, -0.05) is 0 Å². The van der Waals surface area contributed by atoms with Gasteiger partial charge in [-0.2, -0.15) is 26.3 Å². The van der Waals surface area contributed by atoms with Gasteiger partial charge < -0.3 is 5.32 Å². The van der Waals surface area contributed by atoms with Crippen LogP contribution in [0.4, 0.5) is 26.3 Å². The van der Waals surface area contributed by atoms with Gasteiger partial charge in [-0.15, -0.1) is 0 Å². The third-order valence-electron chi connectivity index (χ3n) is 2.00. The Labute approximate surface area is 90.2 Å². The molecule has 0 rings (SSSR count). The Morgan fingerprint density at radius 1 is 0.938 bits per heavy atom. The van der Waals surface area contributed by atoms with Gasteiger partial charge in [0.2, 0.25) is 0 Å². The van der Waals surface area contributed by atoms with Gasteiger partial charge in [0, 0.05) is 19.0 Å². The summed E-state index contributed by atoms with van der Waals surface area (Å²) in [7, 11) is 0. The molecule has 0 heterocycles. The maximum absolute atomic E-state index is 11.7. The predicted molar refractivity (Wildman–Crippen MR) is 48.0 cm³/mol. The molecule has 0 bridgehead atoms. The molecule has 0 aromatic carbocycles. The summed E-state index contributed by atoms with van der Waals surface area (Å²) in [6, 6.07) is -0.329. The third kappa shape index (κ3) is 11.6. The number of halogens is 6. The summed E-state index contributed by atoms with van der Waals surface area (Å²) in [4.78, 5) is 0. The number of hydrogen-bond acceptors (Lipinski definition) is 1. The number of hydrogen-bond donors (Lipinski definition) is 1. The molecule has 0 aliphatic heterocycles. The Hall–Kier alpha value is -0.460. The lowest BCUT2D eigenvalue weighted by molar-refractivity contribution is -0.135. The maximum Gasteiger partial charge on any atom is 0.390 e. The molecule has 0 aromatic heterocycles. The fraction of sp³-hybridized carbons (Fsp3) is 1.00. The van der Waals surface area contributed by atoms with Crippen molar-refractivity contribution in [1.29, 1.82) is 0 Å². The van der Waals surface area contributed by atoms with E-state index >= 15 is 0 Å². The van der Waals surface area contributed by atoms with Gasteiger partial charge in [0.25, 0.3) is 0 Å². The van der Waals surface area contributed by atoms with Gasteiger partial charge in [0.05, 0.1) is 6.42 Å². The van der Waals surface area contributed by atoms with Crippen LogP contribution < -0.4 is 5.32 Å². The van der Waals surface area contributed by atoms with Crippen molar-refractivity contribution in [2.45, 2.75) is 51.0 Å². The molecule has 0 saturated carbocycles. The SMILES string of the molecule is CC(CCCC(F)(F)F)NCCC(F)(F)F. The highest BCUT2D eigenvalue weighted by molar-refractivity contribution is 4.64. The summed E-state index contributed by atoms with van der Waals surface area (Å²) in [6.07, 6.45) is -10.1. The smallest absolute Gasteiger partial charge is 0.314 e. The van der Waals surface area contributed by atoms with Crippen molar-refractivity contribution in [3.8, 4) is 0 Å². The van der Waals surface area contributed by atoms with Gasteiger partial charge >= 0.3 is 12.4 Å². The molecule has 0 aromatic rings. The molecule has 0 radical (unpaired) electrons. The summed E-state index contributed by atoms with van der Waals surface area (Å²) in [5.74, 6) is 0. The van der Waals surface area contributed by atoms with E-state index in [4.69, 9.17) is 0 Å². The van der Waals surface area contributed by atoms with Gasteiger partial charge in [0.15, 0.2) is 0 Å². The minimum Gasteiger partial charge on any atom is -0.314 e. The quantitative estimate of drug-likeness (QED) is 0.710. The Morgan fingerprint density at radius 2 is 1.44 bits per heavy atom. The lowest BCUT2D eigenvalue weighted by Crippen LogP contribution is -2.30. The highest BCUT2D eigenvalue weighted by Gasteiger charge is 2.27. The van der Waals surface area contributed by atoms with E-state index < -0.39 is 25.2 Å². The molecule has 0 saturated heterocycles. The Kier molecular flexibility index (Phi) is 6.14. The molecule has 7 heteroatoms. The molecule has 0 spiro atoms. The molecule has 1 N–H and O–H groups in total. The van der Waals surface area contributed by atoms with Crippen molar-refractivity contribution < 1.29 is 26.3 Å². The Morgan fingerprint density at radius 3 is 1.88 bits per heavy atom. The maximum atomic E-state index is 11.7. The molecule has 0 fully saturated rings. The summed E-state index contributed by atoms with van der Waals surface area (Å²) >= 11 is 0. The van der Waals surface area contributed by atoms with Crippen LogP contribution in [0.2, 0.25) is 0 Å². The summed E-state index contributed by atoms with van der Waals surface area (Å²) in [6.45, 7) is 1.32. The van der Waals surface area contributed by atoms with E-state index in [-0.39, 0.29) is 25.4 Å². The van der Waals surface area contributed by atoms with Crippen molar-refractivity contribution >= 4 is 0 Å². The first kappa shape index (κ1) is 15.5. The van der Waals surface area contributed by atoms with Crippen molar-refractivity contribution in [1.82, 2.24) is 5.32 Å². The van der Waals surface area contributed by atoms with Crippen LogP contribution in [0.25, 0.3) is 0 Å². The second-order valence-electron chi connectivity index (χ2n) is 3.73. The van der Waals surface area contributed by atoms with Gasteiger partial charge in [0.1, 0.15) is 0 Å². The lowest BCUT2D eigenvalue weighted by atomic mass is 10.1. The van der Waals surface area contributed by atoms with Crippen LogP contribution in [0.3, 0.4) is 0 Å². The second kappa shape index (κ2) is 6.32. The number of nitrogens with one attached hydrogen (secondary N) is 1. The first-order chi connectivity index (χ1) is 7.10. The molecule has 0 amide bonds. The van der Waals surface area contributed by atoms with E-state index in [9.17, 15) is 26.3 Å². The largest absolute Gasteiger partial charge is 0.390 e. The van der Waals surface area contributed by atoms with Crippen LogP contribution in [0, 0.1) is 0 Å². The Balaban J connectivity index is 3.49. The molecule has 16 heavy (non-hydrogen) atoms. The topological polar surface area (TPSA) is 12.0 Å². The third-order valence-corrected chi connectivity index (χ3v) is 2.00. The molecule has 0 aliphatic rings. The van der Waals surface area contributed by atoms with Crippen LogP contribution in [0.5, 0.6) is 0 Å². The van der Waals surface area contributed by atoms with E-state index in [1.165, 1.54) is 0 Å². The summed E-state index contributed by atoms with van der Waals surface area (Å²) in [5.41, 5.74) is 0. The van der Waals surface area contributed by atoms with E-state index in [0.717, 1.165) is 0 Å². The van der Waals surface area contributed by atoms with Crippen LogP contribution in [0.1, 0.15) is 32.6 Å². The minimum absolute atomic E-state index is 0.0658. The average molecular weight is 251 g/mol. The normalized spacial score (nSPS) is 15.2. The van der Waals surface area contributed by atoms with Crippen LogP contribution in [0.15, 0.2) is 0 Å². The predicted octanol–water partition coefficient (Wildman–Crippen LogP) is 3.65. The standard InChI is InChI=1S/C9H15F6N/c1-7(3-2-4-8(10,11)12)16-6-5-9(13,14)15/h7,16H,2-6H2,1H3. The highest BCUT2D eigenvalue weighted by Crippen LogP contribution is 2.22. The van der Waals surface area contributed by atoms with Gasteiger partial charge in [-0.3, -0.25) is 0 Å². The molecule has 1 unspecified atom stereocenters. The van der Waals surface area contributed by atoms with Gasteiger partial charge in [-0.25, -0.2) is 0 Å². The zero-order valence-corrected chi connectivity index (χ0v) is 8.88. The second-order valence-corrected chi connectivity index (χ2v) is 3.73. The van der Waals surface area contributed by atoms with Crippen LogP contribution >= 0.6 is 0 Å². The Bertz CT molecular complexity index is 165. The average Bonchev–Trinajstić information content (AvgIpc) is 1.98. The molecule has 0 aliphatic carbocycles. The number of rotatable bonds is 6. The monoisotopic (exact) mass is 251 g/mol. The summed E-state index contributed by atoms with van der Waals surface area (Å²) < 4.78 is 70.4. The van der Waals surface area contributed by atoms with Crippen molar-refractivity contribution in [3.63, 3.8) is 0 Å². The zero-order chi connectivity index (χ0) is 12.8. The molecular formula is C9H15F6N. The van der Waals surface area contributed by atoms with E-state index in [1.807, 2.05) is 0 Å². The first-order valence-electron chi connectivity index (χ1n) is 4.97. The van der Waals surface area contributed by atoms with Gasteiger partial charge in [-0.05, 0) is 19.8 Å². The van der Waals surface area contributed by atoms with Crippen LogP contribution in [-0.4, -0.2) is 24.9 Å². The summed E-state index contributed by atoms with van der Waals surface area (Å²) in [5, 5.41) is 2.54. The fourth-order valence-corrected chi connectivity index (χ4v) is 1.17. The molecule has 98 valence electrons. The highest BCUT2D eigenvalue weighted by atomic mass is 19.4. The van der Waals surface area contributed by atoms with Crippen molar-refractivity contribution in [2.24, 2.45) is 0 Å². The van der Waals surface area contributed by atoms with Crippen LogP contribution in [-0.2, 0) is 0 Å². The molecule has 1 atom stereocenters. The molecule has 1 nitrogen and oxygen atoms in total. The van der Waals surface area contributed by atoms with E-state index in [2.05, 4.69) is 5.32 Å².